The van der Waals surface area contributed by atoms with Crippen molar-refractivity contribution in [1.82, 2.24) is 4.90 Å². The van der Waals surface area contributed by atoms with Crippen LogP contribution in [0.15, 0.2) is 48.5 Å². The van der Waals surface area contributed by atoms with Crippen molar-refractivity contribution in [3.63, 3.8) is 0 Å². The molecule has 0 aliphatic carbocycles. The van der Waals surface area contributed by atoms with Gasteiger partial charge in [-0.1, -0.05) is 6.07 Å². The highest BCUT2D eigenvalue weighted by Gasteiger charge is 2.19. The number of hydrogen-bond donors (Lipinski definition) is 0. The van der Waals surface area contributed by atoms with E-state index in [0.29, 0.717) is 24.6 Å². The topological polar surface area (TPSA) is 75.0 Å². The molecule has 0 unspecified atom stereocenters. The second-order valence-corrected chi connectivity index (χ2v) is 6.70. The third-order valence-corrected chi connectivity index (χ3v) is 4.93. The Morgan fingerprint density at radius 3 is 2.40 bits per heavy atom. The fraction of sp³-hybridized carbons (Fsp3) is 0.304. The fourth-order valence-corrected chi connectivity index (χ4v) is 3.27. The van der Waals surface area contributed by atoms with E-state index in [1.54, 1.807) is 31.4 Å². The Morgan fingerprint density at radius 2 is 1.77 bits per heavy atom. The van der Waals surface area contributed by atoms with Crippen molar-refractivity contribution in [2.75, 3.05) is 51.9 Å². The summed E-state index contributed by atoms with van der Waals surface area (Å²) in [6.07, 6.45) is 3.34. The van der Waals surface area contributed by atoms with Crippen LogP contribution in [0.5, 0.6) is 17.2 Å². The average molecular weight is 407 g/mol. The van der Waals surface area contributed by atoms with Crippen LogP contribution in [-0.4, -0.2) is 57.8 Å². The summed E-state index contributed by atoms with van der Waals surface area (Å²) in [5, 5.41) is 8.64. The first-order chi connectivity index (χ1) is 14.6. The van der Waals surface area contributed by atoms with E-state index in [9.17, 15) is 4.79 Å². The number of methoxy groups -OCH3 is 2. The molecule has 2 aromatic rings. The van der Waals surface area contributed by atoms with Crippen LogP contribution in [0.2, 0.25) is 0 Å². The molecular formula is C23H25N3O4. The van der Waals surface area contributed by atoms with Crippen LogP contribution in [-0.2, 0) is 4.79 Å². The van der Waals surface area contributed by atoms with Crippen molar-refractivity contribution in [1.29, 1.82) is 5.26 Å². The summed E-state index contributed by atoms with van der Waals surface area (Å²) in [6.45, 7) is 2.85. The van der Waals surface area contributed by atoms with Gasteiger partial charge < -0.3 is 24.0 Å². The van der Waals surface area contributed by atoms with Gasteiger partial charge in [-0.25, -0.2) is 0 Å². The number of nitriles is 1. The minimum absolute atomic E-state index is 0.0202. The monoisotopic (exact) mass is 407 g/mol. The molecule has 1 saturated heterocycles. The molecule has 7 heteroatoms. The molecule has 0 radical (unpaired) electrons. The minimum Gasteiger partial charge on any atom is -0.497 e. The van der Waals surface area contributed by atoms with Crippen molar-refractivity contribution >= 4 is 17.7 Å². The molecule has 30 heavy (non-hydrogen) atoms. The minimum atomic E-state index is -0.0491. The number of nitrogens with zero attached hydrogens (tertiary/aromatic N) is 3. The molecule has 0 bridgehead atoms. The normalized spacial score (nSPS) is 13.8. The van der Waals surface area contributed by atoms with Gasteiger partial charge in [-0.15, -0.1) is 0 Å². The molecule has 156 valence electrons. The average Bonchev–Trinajstić information content (AvgIpc) is 2.81. The Balaban J connectivity index is 1.56. The third-order valence-electron chi connectivity index (χ3n) is 4.93. The molecule has 2 aromatic carbocycles. The molecule has 7 nitrogen and oxygen atoms in total. The van der Waals surface area contributed by atoms with Gasteiger partial charge in [0, 0.05) is 37.9 Å². The lowest BCUT2D eigenvalue weighted by molar-refractivity contribution is -0.126. The molecule has 1 aliphatic heterocycles. The van der Waals surface area contributed by atoms with E-state index in [1.165, 1.54) is 7.11 Å². The maximum absolute atomic E-state index is 12.6. The molecule has 0 atom stereocenters. The quantitative estimate of drug-likeness (QED) is 0.657. The lowest BCUT2D eigenvalue weighted by Gasteiger charge is -2.35. The Labute approximate surface area is 176 Å². The van der Waals surface area contributed by atoms with Gasteiger partial charge in [-0.3, -0.25) is 4.79 Å². The molecule has 1 fully saturated rings. The van der Waals surface area contributed by atoms with Crippen LogP contribution in [0.25, 0.3) is 6.08 Å². The Morgan fingerprint density at radius 1 is 1.03 bits per heavy atom. The number of carbonyl (C=O) groups is 1. The summed E-state index contributed by atoms with van der Waals surface area (Å²) < 4.78 is 15.8. The van der Waals surface area contributed by atoms with E-state index in [2.05, 4.69) is 4.90 Å². The first-order valence-electron chi connectivity index (χ1n) is 9.68. The lowest BCUT2D eigenvalue weighted by atomic mass is 10.1. The molecule has 0 saturated carbocycles. The molecule has 0 aromatic heterocycles. The summed E-state index contributed by atoms with van der Waals surface area (Å²) in [5.41, 5.74) is 1.95. The van der Waals surface area contributed by atoms with Crippen LogP contribution in [0.4, 0.5) is 5.69 Å². The van der Waals surface area contributed by atoms with Gasteiger partial charge in [0.05, 0.1) is 14.2 Å². The zero-order chi connectivity index (χ0) is 21.3. The fourth-order valence-electron chi connectivity index (χ4n) is 3.27. The molecular weight excluding hydrogens is 382 g/mol. The SMILES string of the molecule is COc1ccc(N2CCN(C(=O)/C=C/c3ccc(OCC#N)c(OC)c3)CC2)cc1. The molecule has 1 heterocycles. The molecule has 0 spiro atoms. The lowest BCUT2D eigenvalue weighted by Crippen LogP contribution is -2.48. The third kappa shape index (κ3) is 5.23. The van der Waals surface area contributed by atoms with Crippen molar-refractivity contribution < 1.29 is 19.0 Å². The summed E-state index contributed by atoms with van der Waals surface area (Å²) >= 11 is 0. The van der Waals surface area contributed by atoms with Crippen LogP contribution in [0.3, 0.4) is 0 Å². The van der Waals surface area contributed by atoms with Gasteiger partial charge in [0.2, 0.25) is 5.91 Å². The Kier molecular flexibility index (Phi) is 7.17. The number of rotatable bonds is 7. The highest BCUT2D eigenvalue weighted by Crippen LogP contribution is 2.28. The standard InChI is InChI=1S/C23H25N3O4/c1-28-20-7-5-19(6-8-20)25-12-14-26(15-13-25)23(27)10-4-18-3-9-21(30-16-11-24)22(17-18)29-2/h3-10,17H,12-16H2,1-2H3/b10-4+. The second kappa shape index (κ2) is 10.2. The molecule has 3 rings (SSSR count). The smallest absolute Gasteiger partial charge is 0.246 e. The Hall–Kier alpha value is -3.66. The predicted molar refractivity (Wildman–Crippen MR) is 115 cm³/mol. The van der Waals surface area contributed by atoms with Crippen molar-refractivity contribution in [2.24, 2.45) is 0 Å². The number of carbonyl (C=O) groups excluding carboxylic acids is 1. The van der Waals surface area contributed by atoms with Gasteiger partial charge in [-0.2, -0.15) is 5.26 Å². The van der Waals surface area contributed by atoms with Crippen molar-refractivity contribution in [3.05, 3.63) is 54.1 Å². The van der Waals surface area contributed by atoms with Crippen LogP contribution in [0.1, 0.15) is 5.56 Å². The van der Waals surface area contributed by atoms with E-state index >= 15 is 0 Å². The largest absolute Gasteiger partial charge is 0.497 e. The van der Waals surface area contributed by atoms with Gasteiger partial charge >= 0.3 is 0 Å². The zero-order valence-corrected chi connectivity index (χ0v) is 17.2. The van der Waals surface area contributed by atoms with E-state index in [1.807, 2.05) is 41.3 Å². The first kappa shape index (κ1) is 21.1. The van der Waals surface area contributed by atoms with Gasteiger partial charge in [0.15, 0.2) is 18.1 Å². The molecule has 1 aliphatic rings. The highest BCUT2D eigenvalue weighted by molar-refractivity contribution is 5.92. The first-order valence-corrected chi connectivity index (χ1v) is 9.68. The second-order valence-electron chi connectivity index (χ2n) is 6.70. The predicted octanol–water partition coefficient (Wildman–Crippen LogP) is 2.97. The number of anilines is 1. The van der Waals surface area contributed by atoms with Crippen molar-refractivity contribution in [3.8, 4) is 23.3 Å². The molecule has 0 N–H and O–H groups in total. The number of piperazine rings is 1. The molecule has 1 amide bonds. The summed E-state index contributed by atoms with van der Waals surface area (Å²) in [4.78, 5) is 16.7. The number of benzene rings is 2. The summed E-state index contributed by atoms with van der Waals surface area (Å²) in [7, 11) is 3.19. The Bertz CT molecular complexity index is 926. The maximum Gasteiger partial charge on any atom is 0.246 e. The van der Waals surface area contributed by atoms with E-state index in [0.717, 1.165) is 30.1 Å². The van der Waals surface area contributed by atoms with Crippen LogP contribution < -0.4 is 19.1 Å². The summed E-state index contributed by atoms with van der Waals surface area (Å²) in [6, 6.07) is 15.2. The van der Waals surface area contributed by atoms with E-state index in [-0.39, 0.29) is 12.5 Å². The van der Waals surface area contributed by atoms with Crippen LogP contribution in [0, 0.1) is 11.3 Å². The van der Waals surface area contributed by atoms with Gasteiger partial charge in [0.25, 0.3) is 0 Å². The summed E-state index contributed by atoms with van der Waals surface area (Å²) in [5.74, 6) is 1.83. The number of ether oxygens (including phenoxy) is 3. The number of amides is 1. The van der Waals surface area contributed by atoms with Crippen molar-refractivity contribution in [2.45, 2.75) is 0 Å². The number of hydrogen-bond acceptors (Lipinski definition) is 6. The van der Waals surface area contributed by atoms with Crippen LogP contribution >= 0.6 is 0 Å². The van der Waals surface area contributed by atoms with E-state index in [4.69, 9.17) is 19.5 Å². The van der Waals surface area contributed by atoms with Gasteiger partial charge in [0.1, 0.15) is 11.8 Å². The maximum atomic E-state index is 12.6. The van der Waals surface area contributed by atoms with E-state index < -0.39 is 0 Å². The highest BCUT2D eigenvalue weighted by atomic mass is 16.5. The zero-order valence-electron chi connectivity index (χ0n) is 17.2. The van der Waals surface area contributed by atoms with Gasteiger partial charge in [-0.05, 0) is 48.0 Å².